The van der Waals surface area contributed by atoms with Gasteiger partial charge in [-0.15, -0.1) is 5.10 Å². The molecule has 0 saturated carbocycles. The third kappa shape index (κ3) is 6.68. The van der Waals surface area contributed by atoms with E-state index in [0.717, 1.165) is 23.7 Å². The van der Waals surface area contributed by atoms with Crippen LogP contribution in [-0.2, 0) is 23.4 Å². The lowest BCUT2D eigenvalue weighted by Crippen LogP contribution is -2.59. The largest absolute Gasteiger partial charge is 0.460 e. The molecule has 2 fully saturated rings. The first-order valence-corrected chi connectivity index (χ1v) is 18.8. The maximum atomic E-state index is 14.2. The summed E-state index contributed by atoms with van der Waals surface area (Å²) < 4.78 is 54.2. The molecule has 250 valence electrons. The summed E-state index contributed by atoms with van der Waals surface area (Å²) in [5, 5.41) is 9.02. The predicted molar refractivity (Wildman–Crippen MR) is 171 cm³/mol. The number of esters is 1. The highest BCUT2D eigenvalue weighted by atomic mass is 28.4. The number of aromatic nitrogens is 4. The van der Waals surface area contributed by atoms with Crippen molar-refractivity contribution < 1.29 is 37.0 Å². The van der Waals surface area contributed by atoms with Crippen molar-refractivity contribution in [2.24, 2.45) is 0 Å². The van der Waals surface area contributed by atoms with E-state index in [9.17, 15) is 9.18 Å². The van der Waals surface area contributed by atoms with Gasteiger partial charge in [0, 0.05) is 11.1 Å². The molecule has 47 heavy (non-hydrogen) atoms. The van der Waals surface area contributed by atoms with Crippen LogP contribution >= 0.6 is 0 Å². The predicted octanol–water partition coefficient (Wildman–Crippen LogP) is 6.74. The molecule has 4 heterocycles. The summed E-state index contributed by atoms with van der Waals surface area (Å²) in [4.78, 5) is 17.4. The molecule has 11 nitrogen and oxygen atoms in total. The van der Waals surface area contributed by atoms with Gasteiger partial charge in [0.1, 0.15) is 35.9 Å². The Balaban J connectivity index is 1.48. The molecule has 0 aliphatic carbocycles. The number of hydrogen-bond acceptors (Lipinski definition) is 10. The minimum Gasteiger partial charge on any atom is -0.460 e. The van der Waals surface area contributed by atoms with Crippen LogP contribution in [0.3, 0.4) is 0 Å². The van der Waals surface area contributed by atoms with E-state index < -0.39 is 51.0 Å². The summed E-state index contributed by atoms with van der Waals surface area (Å²) in [6.07, 6.45) is -1.59. The molecule has 0 radical (unpaired) electrons. The molecular formula is C34H41FN4O7Si. The first-order chi connectivity index (χ1) is 22.8. The number of hydrogen-bond donors (Lipinski definition) is 0. The average Bonchev–Trinajstić information content (AvgIpc) is 3.74. The van der Waals surface area contributed by atoms with E-state index in [-0.39, 0.29) is 30.7 Å². The molecule has 1 unspecified atom stereocenters. The van der Waals surface area contributed by atoms with Gasteiger partial charge in [0.15, 0.2) is 20.7 Å². The number of carbonyl (C=O) groups is 1. The SMILES string of the molecule is CCOC(=O)c1oc([C@@H]2O[C@@H]3CO[C@H](c4ccccc4)O[C@@H]3[C@H](n3cc(-c4cccc(F)c4)nn3)C2O[Si](CC)(CC)CC)nc1C. The Morgan fingerprint density at radius 3 is 2.51 bits per heavy atom. The van der Waals surface area contributed by atoms with Gasteiger partial charge in [0.2, 0.25) is 11.7 Å². The Kier molecular flexibility index (Phi) is 9.99. The van der Waals surface area contributed by atoms with Crippen LogP contribution < -0.4 is 0 Å². The fourth-order valence-electron chi connectivity index (χ4n) is 6.43. The number of carbonyl (C=O) groups excluding carboxylic acids is 1. The summed E-state index contributed by atoms with van der Waals surface area (Å²) >= 11 is 0. The van der Waals surface area contributed by atoms with Crippen LogP contribution in [0.2, 0.25) is 18.1 Å². The Bertz CT molecular complexity index is 1650. The van der Waals surface area contributed by atoms with Gasteiger partial charge in [0.05, 0.1) is 25.1 Å². The zero-order valence-corrected chi connectivity index (χ0v) is 28.3. The van der Waals surface area contributed by atoms with Gasteiger partial charge in [-0.3, -0.25) is 0 Å². The molecule has 2 aliphatic rings. The molecule has 6 rings (SSSR count). The number of nitrogens with zero attached hydrogens (tertiary/aromatic N) is 4. The Morgan fingerprint density at radius 2 is 1.81 bits per heavy atom. The van der Waals surface area contributed by atoms with E-state index >= 15 is 0 Å². The van der Waals surface area contributed by atoms with E-state index in [0.29, 0.717) is 17.0 Å². The second-order valence-electron chi connectivity index (χ2n) is 11.9. The zero-order valence-electron chi connectivity index (χ0n) is 27.3. The summed E-state index contributed by atoms with van der Waals surface area (Å²) in [7, 11) is -2.34. The number of fused-ring (bicyclic) bond motifs is 1. The van der Waals surface area contributed by atoms with E-state index in [1.807, 2.05) is 30.3 Å². The molecule has 2 aliphatic heterocycles. The van der Waals surface area contributed by atoms with Gasteiger partial charge < -0.3 is 27.8 Å². The van der Waals surface area contributed by atoms with Crippen LogP contribution in [0, 0.1) is 12.7 Å². The van der Waals surface area contributed by atoms with Gasteiger partial charge >= 0.3 is 5.97 Å². The highest BCUT2D eigenvalue weighted by Gasteiger charge is 2.55. The van der Waals surface area contributed by atoms with Crippen LogP contribution in [0.25, 0.3) is 11.3 Å². The molecule has 6 atom stereocenters. The van der Waals surface area contributed by atoms with Crippen molar-refractivity contribution in [3.05, 3.63) is 89.5 Å². The smallest absolute Gasteiger partial charge is 0.376 e. The molecular weight excluding hydrogens is 623 g/mol. The summed E-state index contributed by atoms with van der Waals surface area (Å²) in [6, 6.07) is 18.0. The van der Waals surface area contributed by atoms with E-state index in [1.165, 1.54) is 12.1 Å². The summed E-state index contributed by atoms with van der Waals surface area (Å²) in [6.45, 7) is 10.3. The van der Waals surface area contributed by atoms with E-state index in [4.69, 9.17) is 27.8 Å². The fourth-order valence-corrected chi connectivity index (χ4v) is 9.27. The fraction of sp³-hybridized carbons (Fsp3) is 0.471. The zero-order chi connectivity index (χ0) is 33.1. The third-order valence-corrected chi connectivity index (χ3v) is 13.8. The molecule has 2 aromatic heterocycles. The molecule has 0 amide bonds. The maximum absolute atomic E-state index is 14.2. The number of aryl methyl sites for hydroxylation is 1. The monoisotopic (exact) mass is 664 g/mol. The normalized spacial score (nSPS) is 24.6. The number of halogens is 1. The van der Waals surface area contributed by atoms with Crippen molar-refractivity contribution in [2.45, 2.75) is 89.5 Å². The highest BCUT2D eigenvalue weighted by Crippen LogP contribution is 2.47. The maximum Gasteiger partial charge on any atom is 0.376 e. The Morgan fingerprint density at radius 1 is 1.04 bits per heavy atom. The molecule has 4 aromatic rings. The lowest BCUT2D eigenvalue weighted by atomic mass is 9.91. The second kappa shape index (κ2) is 14.2. The van der Waals surface area contributed by atoms with Gasteiger partial charge in [0.25, 0.3) is 0 Å². The highest BCUT2D eigenvalue weighted by molar-refractivity contribution is 6.73. The van der Waals surface area contributed by atoms with Crippen LogP contribution in [0.5, 0.6) is 0 Å². The molecule has 0 spiro atoms. The number of oxazole rings is 1. The molecule has 13 heteroatoms. The summed E-state index contributed by atoms with van der Waals surface area (Å²) in [5.41, 5.74) is 2.34. The van der Waals surface area contributed by atoms with Crippen molar-refractivity contribution in [3.63, 3.8) is 0 Å². The lowest BCUT2D eigenvalue weighted by Gasteiger charge is -2.50. The lowest BCUT2D eigenvalue weighted by molar-refractivity contribution is -0.318. The van der Waals surface area contributed by atoms with Crippen molar-refractivity contribution in [1.29, 1.82) is 0 Å². The minimum absolute atomic E-state index is 0.0160. The number of benzene rings is 2. The molecule has 2 aromatic carbocycles. The van der Waals surface area contributed by atoms with Crippen molar-refractivity contribution >= 4 is 14.3 Å². The van der Waals surface area contributed by atoms with Crippen LogP contribution in [0.4, 0.5) is 4.39 Å². The molecule has 0 N–H and O–H groups in total. The Labute approximate surface area is 274 Å². The van der Waals surface area contributed by atoms with Crippen LogP contribution in [0.15, 0.2) is 65.2 Å². The van der Waals surface area contributed by atoms with E-state index in [2.05, 4.69) is 36.1 Å². The summed E-state index contributed by atoms with van der Waals surface area (Å²) in [5.74, 6) is -0.760. The van der Waals surface area contributed by atoms with Crippen molar-refractivity contribution in [1.82, 2.24) is 20.0 Å². The van der Waals surface area contributed by atoms with Crippen LogP contribution in [-0.4, -0.2) is 65.8 Å². The molecule has 0 bridgehead atoms. The van der Waals surface area contributed by atoms with Gasteiger partial charge in [-0.25, -0.2) is 18.9 Å². The van der Waals surface area contributed by atoms with Gasteiger partial charge in [-0.1, -0.05) is 68.4 Å². The topological polar surface area (TPSA) is 120 Å². The molecule has 2 saturated heterocycles. The first-order valence-electron chi connectivity index (χ1n) is 16.3. The Hall–Kier alpha value is -3.75. The quantitative estimate of drug-likeness (QED) is 0.126. The average molecular weight is 665 g/mol. The second-order valence-corrected chi connectivity index (χ2v) is 16.6. The van der Waals surface area contributed by atoms with Gasteiger partial charge in [-0.2, -0.15) is 0 Å². The van der Waals surface area contributed by atoms with E-state index in [1.54, 1.807) is 36.9 Å². The third-order valence-electron chi connectivity index (χ3n) is 9.20. The number of rotatable bonds is 11. The van der Waals surface area contributed by atoms with Gasteiger partial charge in [-0.05, 0) is 44.1 Å². The standard InChI is InChI=1S/C34H41FN4O7Si/c1-6-41-33(40)28-21(5)36-32(44-28)31-30(46-47(7-2,8-3)9-4)27(39-19-25(37-38-39)23-16-13-17-24(35)18-23)29-26(43-31)20-42-34(45-29)22-14-11-10-12-15-22/h10-19,26-27,29-31,34H,6-9,20H2,1-5H3/t26-,27+,29+,30?,31-,34+/m1/s1. The van der Waals surface area contributed by atoms with Crippen LogP contribution in [0.1, 0.15) is 73.8 Å². The van der Waals surface area contributed by atoms with Crippen molar-refractivity contribution in [3.8, 4) is 11.3 Å². The minimum atomic E-state index is -2.34. The first kappa shape index (κ1) is 33.2. The number of ether oxygens (including phenoxy) is 4. The van der Waals surface area contributed by atoms with Crippen molar-refractivity contribution in [2.75, 3.05) is 13.2 Å².